The highest BCUT2D eigenvalue weighted by atomic mass is 16.5. The summed E-state index contributed by atoms with van der Waals surface area (Å²) in [4.78, 5) is 0. The molecule has 0 atom stereocenters. The molecule has 0 unspecified atom stereocenters. The topological polar surface area (TPSA) is 20.5 Å². The quantitative estimate of drug-likeness (QED) is 0.392. The molecule has 3 aromatic carbocycles. The van der Waals surface area contributed by atoms with Gasteiger partial charge in [0.2, 0.25) is 0 Å². The summed E-state index contributed by atoms with van der Waals surface area (Å²) < 4.78 is 11.5. The standard InChI is InChI=1S/C24H19O2/c1-25-22-14-12-18(13-15-22)21-16-23(19-8-4-2-5-9-19)26-24(17-21)20-10-6-3-7-11-20/h2-17H,1H3/q+1. The number of methoxy groups -OCH3 is 1. The summed E-state index contributed by atoms with van der Waals surface area (Å²) in [5.74, 6) is 2.54. The molecule has 4 rings (SSSR count). The van der Waals surface area contributed by atoms with Gasteiger partial charge in [-0.1, -0.05) is 48.5 Å². The monoisotopic (exact) mass is 339 g/mol. The molecule has 0 radical (unpaired) electrons. The highest BCUT2D eigenvalue weighted by Gasteiger charge is 2.20. The lowest BCUT2D eigenvalue weighted by atomic mass is 10.0. The third kappa shape index (κ3) is 3.35. The Morgan fingerprint density at radius 2 is 1.04 bits per heavy atom. The molecule has 0 aliphatic carbocycles. The maximum atomic E-state index is 6.23. The van der Waals surface area contributed by atoms with Gasteiger partial charge in [0, 0.05) is 5.56 Å². The molecular weight excluding hydrogens is 320 g/mol. The van der Waals surface area contributed by atoms with Crippen molar-refractivity contribution in [1.29, 1.82) is 0 Å². The second kappa shape index (κ2) is 7.24. The Labute approximate surface area is 153 Å². The number of ether oxygens (including phenoxy) is 1. The first-order valence-corrected chi connectivity index (χ1v) is 8.57. The Hall–Kier alpha value is -3.39. The highest BCUT2D eigenvalue weighted by molar-refractivity contribution is 5.74. The van der Waals surface area contributed by atoms with E-state index in [1.165, 1.54) is 0 Å². The van der Waals surface area contributed by atoms with Gasteiger partial charge in [0.15, 0.2) is 0 Å². The fourth-order valence-corrected chi connectivity index (χ4v) is 2.94. The fourth-order valence-electron chi connectivity index (χ4n) is 2.94. The summed E-state index contributed by atoms with van der Waals surface area (Å²) in [7, 11) is 1.68. The van der Waals surface area contributed by atoms with Crippen LogP contribution in [0.2, 0.25) is 0 Å². The van der Waals surface area contributed by atoms with Gasteiger partial charge >= 0.3 is 11.5 Å². The van der Waals surface area contributed by atoms with Crippen LogP contribution < -0.4 is 4.74 Å². The maximum absolute atomic E-state index is 6.23. The number of hydrogen-bond donors (Lipinski definition) is 0. The Morgan fingerprint density at radius 1 is 0.538 bits per heavy atom. The average molecular weight is 339 g/mol. The SMILES string of the molecule is COc1ccc(-c2cc(-c3ccccc3)[o+]c(-c3ccccc3)c2)cc1. The van der Waals surface area contributed by atoms with Gasteiger partial charge < -0.3 is 4.74 Å². The first-order chi connectivity index (χ1) is 12.8. The van der Waals surface area contributed by atoms with Gasteiger partial charge in [0.05, 0.1) is 30.4 Å². The van der Waals surface area contributed by atoms with Crippen LogP contribution in [0.25, 0.3) is 33.8 Å². The molecule has 1 aromatic heterocycles. The smallest absolute Gasteiger partial charge is 0.361 e. The number of benzene rings is 3. The lowest BCUT2D eigenvalue weighted by Gasteiger charge is -2.04. The van der Waals surface area contributed by atoms with Gasteiger partial charge in [-0.2, -0.15) is 0 Å². The summed E-state index contributed by atoms with van der Waals surface area (Å²) in [5.41, 5.74) is 4.34. The van der Waals surface area contributed by atoms with E-state index in [4.69, 9.17) is 9.15 Å². The van der Waals surface area contributed by atoms with Crippen LogP contribution in [0.3, 0.4) is 0 Å². The molecule has 4 aromatic rings. The van der Waals surface area contributed by atoms with Crippen LogP contribution in [0.1, 0.15) is 0 Å². The van der Waals surface area contributed by atoms with Gasteiger partial charge in [-0.3, -0.25) is 0 Å². The normalized spacial score (nSPS) is 10.5. The summed E-state index contributed by atoms with van der Waals surface area (Å²) >= 11 is 0. The minimum atomic E-state index is 0.845. The second-order valence-electron chi connectivity index (χ2n) is 6.04. The van der Waals surface area contributed by atoms with Crippen LogP contribution in [0, 0.1) is 0 Å². The maximum Gasteiger partial charge on any atom is 0.361 e. The Bertz CT molecular complexity index is 934. The summed E-state index contributed by atoms with van der Waals surface area (Å²) in [6.45, 7) is 0. The van der Waals surface area contributed by atoms with E-state index in [1.807, 2.05) is 48.5 Å². The number of rotatable bonds is 4. The van der Waals surface area contributed by atoms with E-state index in [0.29, 0.717) is 0 Å². The predicted molar refractivity (Wildman–Crippen MR) is 106 cm³/mol. The van der Waals surface area contributed by atoms with Crippen LogP contribution in [-0.2, 0) is 0 Å². The molecule has 0 aliphatic rings. The van der Waals surface area contributed by atoms with Crippen molar-refractivity contribution in [3.05, 3.63) is 97.1 Å². The zero-order valence-corrected chi connectivity index (χ0v) is 14.6. The first kappa shape index (κ1) is 16.1. The van der Waals surface area contributed by atoms with Crippen molar-refractivity contribution in [2.45, 2.75) is 0 Å². The van der Waals surface area contributed by atoms with Gasteiger partial charge in [-0.05, 0) is 42.0 Å². The molecule has 0 amide bonds. The van der Waals surface area contributed by atoms with Gasteiger partial charge in [-0.15, -0.1) is 0 Å². The summed E-state index contributed by atoms with van der Waals surface area (Å²) in [6, 6.07) is 32.6. The molecular formula is C24H19O2+. The fraction of sp³-hybridized carbons (Fsp3) is 0.0417. The molecule has 0 aliphatic heterocycles. The minimum absolute atomic E-state index is 0.845. The molecule has 0 spiro atoms. The Balaban J connectivity index is 1.87. The molecule has 1 heterocycles. The summed E-state index contributed by atoms with van der Waals surface area (Å²) in [6.07, 6.45) is 0. The molecule has 0 bridgehead atoms. The third-order valence-corrected chi connectivity index (χ3v) is 4.33. The minimum Gasteiger partial charge on any atom is -0.497 e. The van der Waals surface area contributed by atoms with Crippen molar-refractivity contribution < 1.29 is 9.15 Å². The van der Waals surface area contributed by atoms with Crippen LogP contribution in [-0.4, -0.2) is 7.11 Å². The van der Waals surface area contributed by atoms with E-state index < -0.39 is 0 Å². The van der Waals surface area contributed by atoms with Crippen molar-refractivity contribution in [3.8, 4) is 39.5 Å². The van der Waals surface area contributed by atoms with E-state index in [0.717, 1.165) is 39.5 Å². The van der Waals surface area contributed by atoms with Crippen molar-refractivity contribution in [2.24, 2.45) is 0 Å². The van der Waals surface area contributed by atoms with Crippen LogP contribution in [0.15, 0.2) is 101 Å². The lowest BCUT2D eigenvalue weighted by molar-refractivity contribution is 0.415. The Kier molecular flexibility index (Phi) is 4.48. The van der Waals surface area contributed by atoms with Gasteiger partial charge in [-0.25, -0.2) is 4.42 Å². The largest absolute Gasteiger partial charge is 0.497 e. The molecule has 2 nitrogen and oxygen atoms in total. The van der Waals surface area contributed by atoms with Crippen molar-refractivity contribution >= 4 is 0 Å². The summed E-state index contributed by atoms with van der Waals surface area (Å²) in [5, 5.41) is 0. The van der Waals surface area contributed by atoms with Crippen LogP contribution >= 0.6 is 0 Å². The van der Waals surface area contributed by atoms with E-state index in [1.54, 1.807) is 7.11 Å². The van der Waals surface area contributed by atoms with Gasteiger partial charge in [0.25, 0.3) is 0 Å². The zero-order valence-electron chi connectivity index (χ0n) is 14.6. The second-order valence-corrected chi connectivity index (χ2v) is 6.04. The van der Waals surface area contributed by atoms with E-state index in [9.17, 15) is 0 Å². The molecule has 0 saturated carbocycles. The van der Waals surface area contributed by atoms with Crippen LogP contribution in [0.4, 0.5) is 0 Å². The molecule has 0 fully saturated rings. The predicted octanol–water partition coefficient (Wildman–Crippen LogP) is 6.57. The molecule has 0 saturated heterocycles. The van der Waals surface area contributed by atoms with E-state index in [2.05, 4.69) is 48.5 Å². The highest BCUT2D eigenvalue weighted by Crippen LogP contribution is 2.33. The Morgan fingerprint density at radius 3 is 1.50 bits per heavy atom. The van der Waals surface area contributed by atoms with Crippen LogP contribution in [0.5, 0.6) is 5.75 Å². The molecule has 26 heavy (non-hydrogen) atoms. The number of hydrogen-bond acceptors (Lipinski definition) is 1. The molecule has 2 heteroatoms. The zero-order chi connectivity index (χ0) is 17.8. The average Bonchev–Trinajstić information content (AvgIpc) is 2.75. The van der Waals surface area contributed by atoms with Gasteiger partial charge in [0.1, 0.15) is 5.75 Å². The molecule has 126 valence electrons. The van der Waals surface area contributed by atoms with E-state index >= 15 is 0 Å². The van der Waals surface area contributed by atoms with Crippen molar-refractivity contribution in [2.75, 3.05) is 7.11 Å². The molecule has 0 N–H and O–H groups in total. The van der Waals surface area contributed by atoms with Crippen molar-refractivity contribution in [1.82, 2.24) is 0 Å². The first-order valence-electron chi connectivity index (χ1n) is 8.57. The van der Waals surface area contributed by atoms with Crippen molar-refractivity contribution in [3.63, 3.8) is 0 Å². The third-order valence-electron chi connectivity index (χ3n) is 4.33. The lowest BCUT2D eigenvalue weighted by Crippen LogP contribution is -1.87. The van der Waals surface area contributed by atoms with E-state index in [-0.39, 0.29) is 0 Å².